The molecular weight excluding hydrogens is 434 g/mol. The van der Waals surface area contributed by atoms with Gasteiger partial charge in [-0.25, -0.2) is 9.59 Å². The van der Waals surface area contributed by atoms with Crippen LogP contribution in [0.3, 0.4) is 0 Å². The molecule has 0 saturated carbocycles. The molecule has 4 aromatic rings. The summed E-state index contributed by atoms with van der Waals surface area (Å²) in [6.07, 6.45) is 0.400. The SMILES string of the molecule is COc1ccc2ncc(COC(=O)Nc3ccccc3)c(COC(=O)Nc3ccccc3)c2c1. The quantitative estimate of drug-likeness (QED) is 0.367. The van der Waals surface area contributed by atoms with E-state index in [2.05, 4.69) is 15.6 Å². The van der Waals surface area contributed by atoms with Gasteiger partial charge < -0.3 is 14.2 Å². The van der Waals surface area contributed by atoms with Crippen LogP contribution in [-0.2, 0) is 22.7 Å². The fourth-order valence-electron chi connectivity index (χ4n) is 3.32. The molecule has 0 fully saturated rings. The van der Waals surface area contributed by atoms with Crippen molar-refractivity contribution in [3.05, 3.63) is 96.2 Å². The van der Waals surface area contributed by atoms with Crippen LogP contribution in [0.25, 0.3) is 10.9 Å². The first kappa shape index (κ1) is 22.6. The highest BCUT2D eigenvalue weighted by molar-refractivity contribution is 5.87. The number of rotatable bonds is 7. The molecule has 0 aliphatic heterocycles. The Labute approximate surface area is 196 Å². The zero-order chi connectivity index (χ0) is 23.8. The average molecular weight is 457 g/mol. The number of nitrogens with zero attached hydrogens (tertiary/aromatic N) is 1. The van der Waals surface area contributed by atoms with Crippen LogP contribution in [0.15, 0.2) is 85.1 Å². The van der Waals surface area contributed by atoms with Crippen LogP contribution >= 0.6 is 0 Å². The number of carbonyl (C=O) groups is 2. The van der Waals surface area contributed by atoms with Crippen LogP contribution in [-0.4, -0.2) is 24.3 Å². The van der Waals surface area contributed by atoms with Gasteiger partial charge in [0.05, 0.1) is 12.6 Å². The summed E-state index contributed by atoms with van der Waals surface area (Å²) in [5, 5.41) is 6.08. The third kappa shape index (κ3) is 5.80. The fourth-order valence-corrected chi connectivity index (χ4v) is 3.32. The molecule has 4 rings (SSSR count). The number of fused-ring (bicyclic) bond motifs is 1. The maximum atomic E-state index is 12.4. The Hall–Kier alpha value is -4.59. The summed E-state index contributed by atoms with van der Waals surface area (Å²) < 4.78 is 16.2. The molecule has 8 nitrogen and oxygen atoms in total. The molecule has 1 aromatic heterocycles. The van der Waals surface area contributed by atoms with Crippen LogP contribution in [0, 0.1) is 0 Å². The molecular formula is C26H23N3O5. The second kappa shape index (κ2) is 10.8. The van der Waals surface area contributed by atoms with E-state index in [0.717, 1.165) is 5.39 Å². The summed E-state index contributed by atoms with van der Waals surface area (Å²) in [5.41, 5.74) is 3.21. The Morgan fingerprint density at radius 2 is 1.38 bits per heavy atom. The fraction of sp³-hybridized carbons (Fsp3) is 0.115. The zero-order valence-electron chi connectivity index (χ0n) is 18.5. The average Bonchev–Trinajstić information content (AvgIpc) is 2.87. The van der Waals surface area contributed by atoms with E-state index in [1.807, 2.05) is 48.5 Å². The zero-order valence-corrected chi connectivity index (χ0v) is 18.5. The molecule has 0 aliphatic rings. The van der Waals surface area contributed by atoms with Crippen molar-refractivity contribution in [1.29, 1.82) is 0 Å². The van der Waals surface area contributed by atoms with Gasteiger partial charge in [-0.1, -0.05) is 36.4 Å². The highest BCUT2D eigenvalue weighted by Gasteiger charge is 2.15. The van der Waals surface area contributed by atoms with Gasteiger partial charge in [0.15, 0.2) is 0 Å². The molecule has 3 aromatic carbocycles. The van der Waals surface area contributed by atoms with E-state index in [9.17, 15) is 9.59 Å². The predicted octanol–water partition coefficient (Wildman–Crippen LogP) is 5.74. The first-order valence-electron chi connectivity index (χ1n) is 10.5. The van der Waals surface area contributed by atoms with Gasteiger partial charge in [0, 0.05) is 34.1 Å². The first-order valence-corrected chi connectivity index (χ1v) is 10.5. The second-order valence-electron chi connectivity index (χ2n) is 7.28. The number of carbonyl (C=O) groups excluding carboxylic acids is 2. The molecule has 2 amide bonds. The van der Waals surface area contributed by atoms with E-state index in [4.69, 9.17) is 14.2 Å². The highest BCUT2D eigenvalue weighted by atomic mass is 16.6. The van der Waals surface area contributed by atoms with Gasteiger partial charge in [-0.05, 0) is 42.5 Å². The molecule has 8 heteroatoms. The summed E-state index contributed by atoms with van der Waals surface area (Å²) >= 11 is 0. The number of ether oxygens (including phenoxy) is 3. The number of para-hydroxylation sites is 2. The van der Waals surface area contributed by atoms with E-state index < -0.39 is 12.2 Å². The maximum Gasteiger partial charge on any atom is 0.411 e. The molecule has 0 aliphatic carbocycles. The summed E-state index contributed by atoms with van der Waals surface area (Å²) in [6.45, 7) is -0.109. The topological polar surface area (TPSA) is 98.8 Å². The number of hydrogen-bond acceptors (Lipinski definition) is 6. The van der Waals surface area contributed by atoms with Crippen LogP contribution in [0.2, 0.25) is 0 Å². The number of benzene rings is 3. The Morgan fingerprint density at radius 1 is 0.794 bits per heavy atom. The van der Waals surface area contributed by atoms with Gasteiger partial charge in [-0.15, -0.1) is 0 Å². The van der Waals surface area contributed by atoms with Gasteiger partial charge in [-0.2, -0.15) is 0 Å². The lowest BCUT2D eigenvalue weighted by molar-refractivity contribution is 0.147. The molecule has 2 N–H and O–H groups in total. The van der Waals surface area contributed by atoms with Crippen LogP contribution in [0.1, 0.15) is 11.1 Å². The summed E-state index contributed by atoms with van der Waals surface area (Å²) in [6, 6.07) is 23.4. The minimum Gasteiger partial charge on any atom is -0.497 e. The van der Waals surface area contributed by atoms with Crippen molar-refractivity contribution in [1.82, 2.24) is 4.98 Å². The van der Waals surface area contributed by atoms with Crippen molar-refractivity contribution in [2.45, 2.75) is 13.2 Å². The number of aromatic nitrogens is 1. The molecule has 172 valence electrons. The molecule has 0 spiro atoms. The Morgan fingerprint density at radius 3 is 1.97 bits per heavy atom. The van der Waals surface area contributed by atoms with E-state index in [0.29, 0.717) is 33.8 Å². The van der Waals surface area contributed by atoms with Crippen molar-refractivity contribution in [2.24, 2.45) is 0 Å². The van der Waals surface area contributed by atoms with E-state index in [-0.39, 0.29) is 13.2 Å². The van der Waals surface area contributed by atoms with Crippen molar-refractivity contribution >= 4 is 34.5 Å². The maximum absolute atomic E-state index is 12.4. The third-order valence-electron chi connectivity index (χ3n) is 5.02. The molecule has 0 atom stereocenters. The van der Waals surface area contributed by atoms with Crippen LogP contribution in [0.5, 0.6) is 5.75 Å². The van der Waals surface area contributed by atoms with Crippen molar-refractivity contribution in [3.63, 3.8) is 0 Å². The van der Waals surface area contributed by atoms with Gasteiger partial charge in [0.1, 0.15) is 19.0 Å². The van der Waals surface area contributed by atoms with Gasteiger partial charge in [0.25, 0.3) is 0 Å². The van der Waals surface area contributed by atoms with E-state index in [1.165, 1.54) is 0 Å². The number of hydrogen-bond donors (Lipinski definition) is 2. The number of methoxy groups -OCH3 is 1. The van der Waals surface area contributed by atoms with Crippen LogP contribution < -0.4 is 15.4 Å². The van der Waals surface area contributed by atoms with Crippen molar-refractivity contribution in [3.8, 4) is 5.75 Å². The van der Waals surface area contributed by atoms with Gasteiger partial charge in [0.2, 0.25) is 0 Å². The Bertz CT molecular complexity index is 1280. The number of pyridine rings is 1. The van der Waals surface area contributed by atoms with Crippen LogP contribution in [0.4, 0.5) is 21.0 Å². The number of anilines is 2. The Kier molecular flexibility index (Phi) is 7.19. The second-order valence-corrected chi connectivity index (χ2v) is 7.28. The van der Waals surface area contributed by atoms with E-state index >= 15 is 0 Å². The van der Waals surface area contributed by atoms with Gasteiger partial charge in [-0.3, -0.25) is 15.6 Å². The van der Waals surface area contributed by atoms with Crippen molar-refractivity contribution in [2.75, 3.05) is 17.7 Å². The summed E-state index contributed by atoms with van der Waals surface area (Å²) in [7, 11) is 1.57. The lowest BCUT2D eigenvalue weighted by Gasteiger charge is -2.15. The monoisotopic (exact) mass is 457 g/mol. The standard InChI is InChI=1S/C26H23N3O5/c1-32-21-12-13-24-22(14-21)23(17-34-26(31)29-20-10-6-3-7-11-20)18(15-27-24)16-33-25(30)28-19-8-4-2-5-9-19/h2-15H,16-17H2,1H3,(H,28,30)(H,29,31). The minimum atomic E-state index is -0.606. The molecule has 34 heavy (non-hydrogen) atoms. The molecule has 0 unspecified atom stereocenters. The molecule has 1 heterocycles. The predicted molar refractivity (Wildman–Crippen MR) is 129 cm³/mol. The van der Waals surface area contributed by atoms with Crippen molar-refractivity contribution < 1.29 is 23.8 Å². The number of nitrogens with one attached hydrogen (secondary N) is 2. The third-order valence-corrected chi connectivity index (χ3v) is 5.02. The van der Waals surface area contributed by atoms with E-state index in [1.54, 1.807) is 43.6 Å². The smallest absolute Gasteiger partial charge is 0.411 e. The first-order chi connectivity index (χ1) is 16.6. The minimum absolute atomic E-state index is 0.0517. The molecule has 0 bridgehead atoms. The lowest BCUT2D eigenvalue weighted by Crippen LogP contribution is -2.16. The summed E-state index contributed by atoms with van der Waals surface area (Å²) in [4.78, 5) is 29.1. The highest BCUT2D eigenvalue weighted by Crippen LogP contribution is 2.26. The summed E-state index contributed by atoms with van der Waals surface area (Å²) in [5.74, 6) is 0.629. The Balaban J connectivity index is 1.52. The largest absolute Gasteiger partial charge is 0.497 e. The number of amides is 2. The van der Waals surface area contributed by atoms with Gasteiger partial charge >= 0.3 is 12.2 Å². The lowest BCUT2D eigenvalue weighted by atomic mass is 10.0. The molecule has 0 radical (unpaired) electrons. The molecule has 0 saturated heterocycles. The normalized spacial score (nSPS) is 10.4.